The Morgan fingerprint density at radius 3 is 2.50 bits per heavy atom. The van der Waals surface area contributed by atoms with Crippen molar-refractivity contribution >= 4 is 54.9 Å². The number of hydrogen-bond donors (Lipinski definition) is 0. The van der Waals surface area contributed by atoms with Crippen LogP contribution in [-0.2, 0) is 4.79 Å². The number of aromatic nitrogens is 2. The van der Waals surface area contributed by atoms with Gasteiger partial charge in [-0.15, -0.1) is 0 Å². The maximum Gasteiger partial charge on any atom is 0.308 e. The Balaban J connectivity index is 1.90. The molecule has 0 N–H and O–H groups in total. The smallest absolute Gasteiger partial charge is 0.308 e. The van der Waals surface area contributed by atoms with E-state index in [9.17, 15) is 9.59 Å². The van der Waals surface area contributed by atoms with Crippen LogP contribution >= 0.6 is 31.9 Å². The minimum Gasteiger partial charge on any atom is -0.490 e. The Hall–Kier alpha value is -3.30. The molecule has 34 heavy (non-hydrogen) atoms. The zero-order chi connectivity index (χ0) is 24.2. The standard InChI is InChI=1S/C25H19Br2N3O4/c1-3-33-20-13-17(21(26)22(27)23(20)34-15(2)31)14-28-30-24(16-9-5-4-6-10-16)29-19-12-8-7-11-18(19)25(30)32/h4-14H,3H2,1-2H3. The van der Waals surface area contributed by atoms with Gasteiger partial charge in [-0.05, 0) is 57.0 Å². The minimum atomic E-state index is -0.476. The topological polar surface area (TPSA) is 82.8 Å². The van der Waals surface area contributed by atoms with Crippen LogP contribution in [0.25, 0.3) is 22.3 Å². The van der Waals surface area contributed by atoms with Gasteiger partial charge in [0, 0.05) is 22.5 Å². The molecule has 0 unspecified atom stereocenters. The third-order valence-corrected chi connectivity index (χ3v) is 6.94. The van der Waals surface area contributed by atoms with Gasteiger partial charge in [-0.1, -0.05) is 42.5 Å². The van der Waals surface area contributed by atoms with E-state index in [0.29, 0.717) is 43.6 Å². The number of benzene rings is 3. The molecule has 3 aromatic carbocycles. The zero-order valence-corrected chi connectivity index (χ0v) is 21.5. The maximum absolute atomic E-state index is 13.3. The molecule has 0 bridgehead atoms. The largest absolute Gasteiger partial charge is 0.490 e. The van der Waals surface area contributed by atoms with Crippen molar-refractivity contribution < 1.29 is 14.3 Å². The number of para-hydroxylation sites is 1. The Kier molecular flexibility index (Phi) is 7.23. The average molecular weight is 585 g/mol. The van der Waals surface area contributed by atoms with Crippen LogP contribution in [0.3, 0.4) is 0 Å². The highest BCUT2D eigenvalue weighted by atomic mass is 79.9. The lowest BCUT2D eigenvalue weighted by Gasteiger charge is -2.14. The summed E-state index contributed by atoms with van der Waals surface area (Å²) in [6.45, 7) is 3.51. The predicted octanol–water partition coefficient (Wildman–Crippen LogP) is 5.79. The molecule has 0 aliphatic heterocycles. The van der Waals surface area contributed by atoms with Gasteiger partial charge >= 0.3 is 5.97 Å². The summed E-state index contributed by atoms with van der Waals surface area (Å²) in [6, 6.07) is 18.2. The van der Waals surface area contributed by atoms with Gasteiger partial charge in [0.25, 0.3) is 5.56 Å². The van der Waals surface area contributed by atoms with Crippen molar-refractivity contribution in [2.75, 3.05) is 6.61 Å². The van der Waals surface area contributed by atoms with E-state index < -0.39 is 5.97 Å². The molecule has 0 fully saturated rings. The van der Waals surface area contributed by atoms with Gasteiger partial charge in [-0.2, -0.15) is 9.78 Å². The predicted molar refractivity (Wildman–Crippen MR) is 139 cm³/mol. The number of carbonyl (C=O) groups is 1. The van der Waals surface area contributed by atoms with E-state index in [2.05, 4.69) is 37.0 Å². The summed E-state index contributed by atoms with van der Waals surface area (Å²) >= 11 is 6.97. The second-order valence-electron chi connectivity index (χ2n) is 7.13. The summed E-state index contributed by atoms with van der Waals surface area (Å²) in [7, 11) is 0. The van der Waals surface area contributed by atoms with Crippen LogP contribution in [0.2, 0.25) is 0 Å². The molecule has 0 atom stereocenters. The molecule has 0 spiro atoms. The lowest BCUT2D eigenvalue weighted by atomic mass is 10.2. The molecule has 0 amide bonds. The molecule has 1 heterocycles. The Morgan fingerprint density at radius 2 is 1.79 bits per heavy atom. The number of esters is 1. The number of nitrogens with zero attached hydrogens (tertiary/aromatic N) is 3. The van der Waals surface area contributed by atoms with Gasteiger partial charge in [0.1, 0.15) is 0 Å². The summed E-state index contributed by atoms with van der Waals surface area (Å²) in [4.78, 5) is 29.6. The van der Waals surface area contributed by atoms with Gasteiger partial charge in [-0.25, -0.2) is 4.98 Å². The van der Waals surface area contributed by atoms with Crippen molar-refractivity contribution in [3.05, 3.63) is 85.5 Å². The van der Waals surface area contributed by atoms with Gasteiger partial charge in [-0.3, -0.25) is 9.59 Å². The normalized spacial score (nSPS) is 11.2. The third-order valence-electron chi connectivity index (χ3n) is 4.80. The SMILES string of the molecule is CCOc1cc(C=Nn2c(-c3ccccc3)nc3ccccc3c2=O)c(Br)c(Br)c1OC(C)=O. The van der Waals surface area contributed by atoms with Gasteiger partial charge in [0.15, 0.2) is 17.3 Å². The molecule has 0 aliphatic carbocycles. The molecule has 7 nitrogen and oxygen atoms in total. The number of fused-ring (bicyclic) bond motifs is 1. The second kappa shape index (κ2) is 10.3. The van der Waals surface area contributed by atoms with Crippen LogP contribution in [0.4, 0.5) is 0 Å². The summed E-state index contributed by atoms with van der Waals surface area (Å²) in [6.07, 6.45) is 1.53. The molecule has 1 aromatic heterocycles. The van der Waals surface area contributed by atoms with Gasteiger partial charge in [0.2, 0.25) is 0 Å². The first-order valence-corrected chi connectivity index (χ1v) is 11.9. The average Bonchev–Trinajstić information content (AvgIpc) is 2.84. The quantitative estimate of drug-likeness (QED) is 0.163. The van der Waals surface area contributed by atoms with Crippen molar-refractivity contribution in [1.82, 2.24) is 9.66 Å². The van der Waals surface area contributed by atoms with Crippen LogP contribution < -0.4 is 15.0 Å². The Morgan fingerprint density at radius 1 is 1.09 bits per heavy atom. The van der Waals surface area contributed by atoms with Crippen molar-refractivity contribution in [3.8, 4) is 22.9 Å². The number of hydrogen-bond acceptors (Lipinski definition) is 6. The Labute approximate surface area is 212 Å². The molecule has 4 rings (SSSR count). The number of ether oxygens (including phenoxy) is 2. The van der Waals surface area contributed by atoms with Crippen LogP contribution in [-0.4, -0.2) is 28.5 Å². The number of rotatable bonds is 6. The van der Waals surface area contributed by atoms with E-state index in [1.165, 1.54) is 17.8 Å². The van der Waals surface area contributed by atoms with Crippen molar-refractivity contribution in [3.63, 3.8) is 0 Å². The molecule has 0 aliphatic rings. The van der Waals surface area contributed by atoms with Crippen LogP contribution in [0, 0.1) is 0 Å². The zero-order valence-electron chi connectivity index (χ0n) is 18.3. The van der Waals surface area contributed by atoms with E-state index in [0.717, 1.165) is 5.56 Å². The van der Waals surface area contributed by atoms with Crippen LogP contribution in [0.5, 0.6) is 11.5 Å². The van der Waals surface area contributed by atoms with E-state index in [1.54, 1.807) is 24.3 Å². The number of halogens is 2. The first kappa shape index (κ1) is 23.8. The van der Waals surface area contributed by atoms with E-state index >= 15 is 0 Å². The lowest BCUT2D eigenvalue weighted by molar-refractivity contribution is -0.132. The van der Waals surface area contributed by atoms with E-state index in [4.69, 9.17) is 14.5 Å². The fraction of sp³-hybridized carbons (Fsp3) is 0.120. The summed E-state index contributed by atoms with van der Waals surface area (Å²) in [5, 5.41) is 4.96. The van der Waals surface area contributed by atoms with E-state index in [1.807, 2.05) is 43.3 Å². The molecular formula is C25H19Br2N3O4. The van der Waals surface area contributed by atoms with Crippen LogP contribution in [0.1, 0.15) is 19.4 Å². The monoisotopic (exact) mass is 583 g/mol. The molecule has 172 valence electrons. The molecular weight excluding hydrogens is 566 g/mol. The first-order valence-electron chi connectivity index (χ1n) is 10.4. The number of carbonyl (C=O) groups excluding carboxylic acids is 1. The fourth-order valence-electron chi connectivity index (χ4n) is 3.33. The molecule has 0 saturated carbocycles. The minimum absolute atomic E-state index is 0.257. The lowest BCUT2D eigenvalue weighted by Crippen LogP contribution is -2.20. The Bertz CT molecular complexity index is 1470. The highest BCUT2D eigenvalue weighted by Crippen LogP contribution is 2.42. The van der Waals surface area contributed by atoms with Crippen molar-refractivity contribution in [2.24, 2.45) is 5.10 Å². The maximum atomic E-state index is 13.3. The first-order chi connectivity index (χ1) is 16.4. The highest BCUT2D eigenvalue weighted by Gasteiger charge is 2.19. The molecule has 0 saturated heterocycles. The highest BCUT2D eigenvalue weighted by molar-refractivity contribution is 9.13. The fourth-order valence-corrected chi connectivity index (χ4v) is 4.23. The summed E-state index contributed by atoms with van der Waals surface area (Å²) < 4.78 is 13.3. The second-order valence-corrected chi connectivity index (χ2v) is 8.71. The van der Waals surface area contributed by atoms with E-state index in [-0.39, 0.29) is 11.3 Å². The van der Waals surface area contributed by atoms with Crippen molar-refractivity contribution in [1.29, 1.82) is 0 Å². The molecule has 9 heteroatoms. The summed E-state index contributed by atoms with van der Waals surface area (Å²) in [5.74, 6) is 0.558. The summed E-state index contributed by atoms with van der Waals surface area (Å²) in [5.41, 5.74) is 1.65. The molecule has 4 aromatic rings. The van der Waals surface area contributed by atoms with Crippen molar-refractivity contribution in [2.45, 2.75) is 13.8 Å². The third kappa shape index (κ3) is 4.80. The van der Waals surface area contributed by atoms with Gasteiger partial charge < -0.3 is 9.47 Å². The van der Waals surface area contributed by atoms with Crippen LogP contribution in [0.15, 0.2) is 79.5 Å². The van der Waals surface area contributed by atoms with Gasteiger partial charge in [0.05, 0.1) is 28.2 Å². The molecule has 0 radical (unpaired) electrons.